The predicted molar refractivity (Wildman–Crippen MR) is 96.7 cm³/mol. The maximum Gasteiger partial charge on any atom is 0.223 e. The number of amides is 1. The molecule has 1 amide bonds. The number of aryl methyl sites for hydroxylation is 2. The van der Waals surface area contributed by atoms with Crippen LogP contribution in [0.2, 0.25) is 0 Å². The van der Waals surface area contributed by atoms with Gasteiger partial charge in [-0.25, -0.2) is 0 Å². The highest BCUT2D eigenvalue weighted by molar-refractivity contribution is 5.76. The van der Waals surface area contributed by atoms with Gasteiger partial charge in [0.15, 0.2) is 0 Å². The van der Waals surface area contributed by atoms with E-state index in [1.807, 2.05) is 41.3 Å². The molecule has 0 radical (unpaired) electrons. The van der Waals surface area contributed by atoms with Crippen molar-refractivity contribution in [1.82, 2.24) is 9.88 Å². The standard InChI is InChI=1S/C21H22N2O2/c1-17-6-4-7-18(14-17)15-23(16-19-8-2-3-12-22-19)21(24)11-10-20-9-5-13-25-20/h2-9,12-14H,10-11,15-16H2,1H3. The summed E-state index contributed by atoms with van der Waals surface area (Å²) >= 11 is 0. The molecule has 1 aromatic carbocycles. The summed E-state index contributed by atoms with van der Waals surface area (Å²) in [6.45, 7) is 3.15. The Kier molecular flexibility index (Phi) is 5.62. The largest absolute Gasteiger partial charge is 0.469 e. The second-order valence-corrected chi connectivity index (χ2v) is 6.14. The molecule has 0 aliphatic carbocycles. The van der Waals surface area contributed by atoms with Crippen LogP contribution in [0, 0.1) is 6.92 Å². The Morgan fingerprint density at radius 3 is 2.72 bits per heavy atom. The highest BCUT2D eigenvalue weighted by Crippen LogP contribution is 2.13. The van der Waals surface area contributed by atoms with Crippen LogP contribution in [-0.2, 0) is 24.3 Å². The molecule has 0 atom stereocenters. The molecule has 2 heterocycles. The van der Waals surface area contributed by atoms with Crippen LogP contribution < -0.4 is 0 Å². The van der Waals surface area contributed by atoms with Gasteiger partial charge >= 0.3 is 0 Å². The van der Waals surface area contributed by atoms with Gasteiger partial charge in [-0.3, -0.25) is 9.78 Å². The zero-order valence-electron chi connectivity index (χ0n) is 14.4. The van der Waals surface area contributed by atoms with Gasteiger partial charge in [-0.1, -0.05) is 35.9 Å². The van der Waals surface area contributed by atoms with Crippen LogP contribution in [0.3, 0.4) is 0 Å². The summed E-state index contributed by atoms with van der Waals surface area (Å²) in [6, 6.07) is 17.8. The summed E-state index contributed by atoms with van der Waals surface area (Å²) in [7, 11) is 0. The van der Waals surface area contributed by atoms with Crippen LogP contribution in [0.25, 0.3) is 0 Å². The molecular weight excluding hydrogens is 312 g/mol. The third kappa shape index (κ3) is 5.05. The van der Waals surface area contributed by atoms with Gasteiger partial charge in [-0.2, -0.15) is 0 Å². The molecule has 3 rings (SSSR count). The summed E-state index contributed by atoms with van der Waals surface area (Å²) in [4.78, 5) is 19.0. The average molecular weight is 334 g/mol. The molecule has 0 saturated heterocycles. The van der Waals surface area contributed by atoms with Crippen molar-refractivity contribution in [2.75, 3.05) is 0 Å². The molecule has 0 spiro atoms. The summed E-state index contributed by atoms with van der Waals surface area (Å²) in [6.07, 6.45) is 4.43. The van der Waals surface area contributed by atoms with Gasteiger partial charge in [0.05, 0.1) is 18.5 Å². The van der Waals surface area contributed by atoms with Crippen molar-refractivity contribution in [2.45, 2.75) is 32.9 Å². The minimum Gasteiger partial charge on any atom is -0.469 e. The number of carbonyl (C=O) groups is 1. The maximum atomic E-state index is 12.8. The lowest BCUT2D eigenvalue weighted by atomic mass is 10.1. The van der Waals surface area contributed by atoms with Gasteiger partial charge in [0.25, 0.3) is 0 Å². The molecule has 0 bridgehead atoms. The minimum atomic E-state index is 0.101. The molecule has 4 heteroatoms. The SMILES string of the molecule is Cc1cccc(CN(Cc2ccccn2)C(=O)CCc2ccco2)c1. The van der Waals surface area contributed by atoms with E-state index < -0.39 is 0 Å². The number of benzene rings is 1. The van der Waals surface area contributed by atoms with Crippen molar-refractivity contribution >= 4 is 5.91 Å². The van der Waals surface area contributed by atoms with Crippen molar-refractivity contribution in [3.63, 3.8) is 0 Å². The first-order valence-corrected chi connectivity index (χ1v) is 8.46. The second kappa shape index (κ2) is 8.29. The average Bonchev–Trinajstić information content (AvgIpc) is 3.14. The van der Waals surface area contributed by atoms with Gasteiger partial charge in [0.2, 0.25) is 5.91 Å². The molecule has 0 N–H and O–H groups in total. The highest BCUT2D eigenvalue weighted by Gasteiger charge is 2.16. The molecule has 0 aliphatic heterocycles. The van der Waals surface area contributed by atoms with E-state index in [1.54, 1.807) is 12.5 Å². The summed E-state index contributed by atoms with van der Waals surface area (Å²) in [5.41, 5.74) is 3.21. The Morgan fingerprint density at radius 2 is 2.00 bits per heavy atom. The molecule has 0 aliphatic rings. The first-order valence-electron chi connectivity index (χ1n) is 8.46. The highest BCUT2D eigenvalue weighted by atomic mass is 16.3. The number of hydrogen-bond acceptors (Lipinski definition) is 3. The van der Waals surface area contributed by atoms with Crippen LogP contribution in [0.1, 0.15) is 29.0 Å². The fourth-order valence-corrected chi connectivity index (χ4v) is 2.79. The smallest absolute Gasteiger partial charge is 0.223 e. The van der Waals surface area contributed by atoms with Crippen molar-refractivity contribution in [3.05, 3.63) is 89.6 Å². The lowest BCUT2D eigenvalue weighted by molar-refractivity contribution is -0.132. The van der Waals surface area contributed by atoms with E-state index in [4.69, 9.17) is 4.42 Å². The monoisotopic (exact) mass is 334 g/mol. The van der Waals surface area contributed by atoms with Crippen LogP contribution in [0.4, 0.5) is 0 Å². The fraction of sp³-hybridized carbons (Fsp3) is 0.238. The van der Waals surface area contributed by atoms with Crippen LogP contribution in [0.15, 0.2) is 71.5 Å². The fourth-order valence-electron chi connectivity index (χ4n) is 2.79. The normalized spacial score (nSPS) is 10.6. The van der Waals surface area contributed by atoms with Crippen molar-refractivity contribution in [3.8, 4) is 0 Å². The van der Waals surface area contributed by atoms with E-state index in [9.17, 15) is 4.79 Å². The van der Waals surface area contributed by atoms with Gasteiger partial charge in [0.1, 0.15) is 5.76 Å². The summed E-state index contributed by atoms with van der Waals surface area (Å²) < 4.78 is 5.33. The van der Waals surface area contributed by atoms with Crippen molar-refractivity contribution in [2.24, 2.45) is 0 Å². The van der Waals surface area contributed by atoms with Gasteiger partial charge in [-0.05, 0) is 36.8 Å². The number of hydrogen-bond donors (Lipinski definition) is 0. The lowest BCUT2D eigenvalue weighted by Gasteiger charge is -2.23. The Hall–Kier alpha value is -2.88. The van der Waals surface area contributed by atoms with Gasteiger partial charge in [-0.15, -0.1) is 0 Å². The van der Waals surface area contributed by atoms with Crippen LogP contribution >= 0.6 is 0 Å². The van der Waals surface area contributed by atoms with Crippen LogP contribution in [0.5, 0.6) is 0 Å². The number of pyridine rings is 1. The Morgan fingerprint density at radius 1 is 1.08 bits per heavy atom. The summed E-state index contributed by atoms with van der Waals surface area (Å²) in [5.74, 6) is 0.935. The lowest BCUT2D eigenvalue weighted by Crippen LogP contribution is -2.30. The molecule has 3 aromatic rings. The molecule has 25 heavy (non-hydrogen) atoms. The Bertz CT molecular complexity index is 798. The molecular formula is C21H22N2O2. The van der Waals surface area contributed by atoms with E-state index in [2.05, 4.69) is 30.1 Å². The number of rotatable bonds is 7. The van der Waals surface area contributed by atoms with E-state index in [0.717, 1.165) is 17.0 Å². The Labute approximate surface area is 148 Å². The molecule has 0 fully saturated rings. The first-order chi connectivity index (χ1) is 12.2. The number of carbonyl (C=O) groups excluding carboxylic acids is 1. The topological polar surface area (TPSA) is 46.3 Å². The maximum absolute atomic E-state index is 12.8. The van der Waals surface area contributed by atoms with E-state index in [-0.39, 0.29) is 5.91 Å². The Balaban J connectivity index is 1.71. The predicted octanol–water partition coefficient (Wildman–Crippen LogP) is 4.14. The third-order valence-corrected chi connectivity index (χ3v) is 4.05. The zero-order valence-corrected chi connectivity index (χ0v) is 14.4. The summed E-state index contributed by atoms with van der Waals surface area (Å²) in [5, 5.41) is 0. The van der Waals surface area contributed by atoms with Gasteiger partial charge in [0, 0.05) is 25.6 Å². The first kappa shape index (κ1) is 17.0. The number of furan rings is 1. The number of nitrogens with zero attached hydrogens (tertiary/aromatic N) is 2. The van der Waals surface area contributed by atoms with Crippen molar-refractivity contribution in [1.29, 1.82) is 0 Å². The quantitative estimate of drug-likeness (QED) is 0.652. The molecule has 0 saturated carbocycles. The molecule has 128 valence electrons. The van der Waals surface area contributed by atoms with Gasteiger partial charge < -0.3 is 9.32 Å². The molecule has 0 unspecified atom stereocenters. The number of aromatic nitrogens is 1. The van der Waals surface area contributed by atoms with Crippen molar-refractivity contribution < 1.29 is 9.21 Å². The zero-order chi connectivity index (χ0) is 17.5. The third-order valence-electron chi connectivity index (χ3n) is 4.05. The van der Waals surface area contributed by atoms with E-state index in [0.29, 0.717) is 25.9 Å². The van der Waals surface area contributed by atoms with E-state index in [1.165, 1.54) is 5.56 Å². The molecule has 4 nitrogen and oxygen atoms in total. The minimum absolute atomic E-state index is 0.101. The van der Waals surface area contributed by atoms with E-state index >= 15 is 0 Å². The second-order valence-electron chi connectivity index (χ2n) is 6.14. The van der Waals surface area contributed by atoms with Crippen LogP contribution in [-0.4, -0.2) is 15.8 Å². The molecule has 2 aromatic heterocycles.